The topological polar surface area (TPSA) is 85.4 Å². The molecule has 11 heteroatoms. The van der Waals surface area contributed by atoms with Crippen molar-refractivity contribution in [2.24, 2.45) is 0 Å². The fourth-order valence-corrected chi connectivity index (χ4v) is 5.37. The van der Waals surface area contributed by atoms with Crippen LogP contribution in [0.2, 0.25) is 6.04 Å². The molecule has 0 bridgehead atoms. The normalized spacial score (nSPS) is 12.6. The molecule has 0 aromatic carbocycles. The molecule has 0 atom stereocenters. The first-order chi connectivity index (χ1) is 11.6. The maximum atomic E-state index is 11.7. The SMILES string of the molecule is CO[Si](CCCSCCN(CCN(C)S(C)(=O)=O)C(C)=O)(OC)OC. The Bertz CT molecular complexity index is 479. The van der Waals surface area contributed by atoms with Gasteiger partial charge in [0, 0.05) is 66.7 Å². The summed E-state index contributed by atoms with van der Waals surface area (Å²) in [5.41, 5.74) is 0. The van der Waals surface area contributed by atoms with E-state index >= 15 is 0 Å². The molecule has 1 amide bonds. The number of carbonyl (C=O) groups excluding carboxylic acids is 1. The Morgan fingerprint density at radius 2 is 1.60 bits per heavy atom. The van der Waals surface area contributed by atoms with Crippen LogP contribution < -0.4 is 0 Å². The summed E-state index contributed by atoms with van der Waals surface area (Å²) >= 11 is 1.74. The fraction of sp³-hybridized carbons (Fsp3) is 0.929. The molecule has 8 nitrogen and oxygen atoms in total. The summed E-state index contributed by atoms with van der Waals surface area (Å²) in [7, 11) is 0.599. The molecule has 0 aliphatic rings. The Labute approximate surface area is 157 Å². The molecule has 0 N–H and O–H groups in total. The zero-order valence-corrected chi connectivity index (χ0v) is 18.7. The van der Waals surface area contributed by atoms with E-state index in [9.17, 15) is 13.2 Å². The summed E-state index contributed by atoms with van der Waals surface area (Å²) in [6, 6.07) is 0.749. The number of nitrogens with zero attached hydrogens (tertiary/aromatic N) is 2. The van der Waals surface area contributed by atoms with E-state index in [4.69, 9.17) is 13.3 Å². The number of hydrogen-bond acceptors (Lipinski definition) is 7. The molecule has 0 heterocycles. The Morgan fingerprint density at radius 1 is 1.04 bits per heavy atom. The molecule has 0 saturated carbocycles. The van der Waals surface area contributed by atoms with E-state index in [-0.39, 0.29) is 5.91 Å². The fourth-order valence-electron chi connectivity index (χ4n) is 2.08. The Kier molecular flexibility index (Phi) is 12.2. The molecule has 0 rings (SSSR count). The third-order valence-electron chi connectivity index (χ3n) is 3.91. The molecule has 0 aliphatic heterocycles. The van der Waals surface area contributed by atoms with Crippen molar-refractivity contribution < 1.29 is 26.5 Å². The second kappa shape index (κ2) is 12.3. The Morgan fingerprint density at radius 3 is 2.04 bits per heavy atom. The second-order valence-corrected chi connectivity index (χ2v) is 12.0. The number of likely N-dealkylation sites (N-methyl/N-ethyl adjacent to an activating group) is 1. The Hall–Kier alpha value is -0.173. The average molecular weight is 417 g/mol. The number of rotatable bonds is 14. The van der Waals surface area contributed by atoms with Crippen molar-refractivity contribution in [2.75, 3.05) is 65.8 Å². The lowest BCUT2D eigenvalue weighted by atomic mass is 10.4. The molecule has 0 spiro atoms. The van der Waals surface area contributed by atoms with Crippen LogP contribution in [-0.2, 0) is 28.1 Å². The van der Waals surface area contributed by atoms with Crippen LogP contribution in [0.3, 0.4) is 0 Å². The van der Waals surface area contributed by atoms with Gasteiger partial charge in [0.15, 0.2) is 0 Å². The minimum absolute atomic E-state index is 0.0490. The predicted octanol–water partition coefficient (Wildman–Crippen LogP) is 0.728. The second-order valence-electron chi connectivity index (χ2n) is 5.60. The van der Waals surface area contributed by atoms with Gasteiger partial charge in [0.25, 0.3) is 0 Å². The van der Waals surface area contributed by atoms with E-state index in [2.05, 4.69) is 0 Å². The van der Waals surface area contributed by atoms with Gasteiger partial charge in [-0.15, -0.1) is 0 Å². The summed E-state index contributed by atoms with van der Waals surface area (Å²) < 4.78 is 40.2. The highest BCUT2D eigenvalue weighted by Crippen LogP contribution is 2.17. The number of carbonyl (C=O) groups is 1. The van der Waals surface area contributed by atoms with Gasteiger partial charge in [-0.3, -0.25) is 4.79 Å². The molecule has 0 fully saturated rings. The minimum Gasteiger partial charge on any atom is -0.377 e. The first kappa shape index (κ1) is 24.8. The van der Waals surface area contributed by atoms with E-state index < -0.39 is 18.8 Å². The van der Waals surface area contributed by atoms with Crippen molar-refractivity contribution in [2.45, 2.75) is 19.4 Å². The van der Waals surface area contributed by atoms with Crippen LogP contribution >= 0.6 is 11.8 Å². The van der Waals surface area contributed by atoms with Gasteiger partial charge in [-0.1, -0.05) is 0 Å². The number of sulfonamides is 1. The van der Waals surface area contributed by atoms with Crippen LogP contribution in [0, 0.1) is 0 Å². The molecule has 25 heavy (non-hydrogen) atoms. The van der Waals surface area contributed by atoms with E-state index in [0.29, 0.717) is 19.6 Å². The highest BCUT2D eigenvalue weighted by atomic mass is 32.2. The van der Waals surface area contributed by atoms with Gasteiger partial charge >= 0.3 is 8.80 Å². The van der Waals surface area contributed by atoms with Crippen LogP contribution in [0.4, 0.5) is 0 Å². The average Bonchev–Trinajstić information content (AvgIpc) is 2.56. The van der Waals surface area contributed by atoms with Gasteiger partial charge in [-0.2, -0.15) is 11.8 Å². The number of thioether (sulfide) groups is 1. The first-order valence-corrected chi connectivity index (χ1v) is 13.0. The molecule has 0 unspecified atom stereocenters. The first-order valence-electron chi connectivity index (χ1n) is 8.02. The summed E-state index contributed by atoms with van der Waals surface area (Å²) in [4.78, 5) is 13.4. The van der Waals surface area contributed by atoms with Crippen LogP contribution in [0.5, 0.6) is 0 Å². The lowest BCUT2D eigenvalue weighted by molar-refractivity contribution is -0.128. The zero-order valence-electron chi connectivity index (χ0n) is 16.1. The molecular formula is C14H32N2O6S2Si. The summed E-state index contributed by atoms with van der Waals surface area (Å²) in [6.07, 6.45) is 2.06. The van der Waals surface area contributed by atoms with Gasteiger partial charge in [0.1, 0.15) is 0 Å². The number of hydrogen-bond donors (Lipinski definition) is 0. The van der Waals surface area contributed by atoms with Crippen LogP contribution in [-0.4, -0.2) is 98.1 Å². The van der Waals surface area contributed by atoms with Crippen molar-refractivity contribution in [3.05, 3.63) is 0 Å². The predicted molar refractivity (Wildman–Crippen MR) is 103 cm³/mol. The van der Waals surface area contributed by atoms with E-state index in [1.54, 1.807) is 38.0 Å². The lowest BCUT2D eigenvalue weighted by Crippen LogP contribution is -2.42. The third kappa shape index (κ3) is 9.92. The van der Waals surface area contributed by atoms with Gasteiger partial charge in [-0.05, 0) is 12.2 Å². The number of amides is 1. The molecular weight excluding hydrogens is 384 g/mol. The van der Waals surface area contributed by atoms with Crippen molar-refractivity contribution in [1.82, 2.24) is 9.21 Å². The molecule has 0 aromatic rings. The minimum atomic E-state index is -3.22. The monoisotopic (exact) mass is 416 g/mol. The standard InChI is InChI=1S/C14H32N2O6S2Si/c1-14(17)16(9-8-15(2)24(6,18)19)10-12-23-11-7-13-25(20-3,21-4)22-5/h7-13H2,1-6H3. The smallest absolute Gasteiger partial charge is 0.377 e. The summed E-state index contributed by atoms with van der Waals surface area (Å²) in [5, 5.41) is 0. The summed E-state index contributed by atoms with van der Waals surface area (Å²) in [5.74, 6) is 1.66. The third-order valence-corrected chi connectivity index (χ3v) is 9.10. The zero-order chi connectivity index (χ0) is 19.5. The van der Waals surface area contributed by atoms with E-state index in [1.807, 2.05) is 0 Å². The Balaban J connectivity index is 4.12. The van der Waals surface area contributed by atoms with Gasteiger partial charge in [0.2, 0.25) is 15.9 Å². The maximum absolute atomic E-state index is 11.7. The maximum Gasteiger partial charge on any atom is 0.500 e. The van der Waals surface area contributed by atoms with Crippen molar-refractivity contribution in [1.29, 1.82) is 0 Å². The highest BCUT2D eigenvalue weighted by Gasteiger charge is 2.36. The largest absolute Gasteiger partial charge is 0.500 e. The molecule has 0 aromatic heterocycles. The van der Waals surface area contributed by atoms with Gasteiger partial charge in [-0.25, -0.2) is 12.7 Å². The van der Waals surface area contributed by atoms with Crippen LogP contribution in [0.25, 0.3) is 0 Å². The lowest BCUT2D eigenvalue weighted by Gasteiger charge is -2.24. The van der Waals surface area contributed by atoms with Crippen molar-refractivity contribution >= 4 is 36.5 Å². The summed E-state index contributed by atoms with van der Waals surface area (Å²) in [6.45, 7) is 2.79. The van der Waals surface area contributed by atoms with Crippen molar-refractivity contribution in [3.8, 4) is 0 Å². The molecule has 0 aliphatic carbocycles. The van der Waals surface area contributed by atoms with Crippen molar-refractivity contribution in [3.63, 3.8) is 0 Å². The van der Waals surface area contributed by atoms with E-state index in [0.717, 1.165) is 30.2 Å². The van der Waals surface area contributed by atoms with Crippen LogP contribution in [0.15, 0.2) is 0 Å². The van der Waals surface area contributed by atoms with Gasteiger partial charge < -0.3 is 18.2 Å². The molecule has 0 radical (unpaired) electrons. The highest BCUT2D eigenvalue weighted by molar-refractivity contribution is 7.99. The van der Waals surface area contributed by atoms with E-state index in [1.165, 1.54) is 18.3 Å². The quantitative estimate of drug-likeness (QED) is 0.305. The molecule has 150 valence electrons. The molecule has 0 saturated heterocycles. The van der Waals surface area contributed by atoms with Gasteiger partial charge in [0.05, 0.1) is 6.26 Å². The van der Waals surface area contributed by atoms with Crippen LogP contribution in [0.1, 0.15) is 13.3 Å².